The maximum Gasteiger partial charge on any atom is 0.244 e. The van der Waals surface area contributed by atoms with E-state index >= 15 is 0 Å². The molecule has 3 aromatic rings. The maximum atomic E-state index is 12.2. The molecule has 0 atom stereocenters. The fourth-order valence-corrected chi connectivity index (χ4v) is 2.66. The molecule has 8 heteroatoms. The summed E-state index contributed by atoms with van der Waals surface area (Å²) in [5, 5.41) is 17.8. The summed E-state index contributed by atoms with van der Waals surface area (Å²) in [5.74, 6) is 0.439. The van der Waals surface area contributed by atoms with Crippen molar-refractivity contribution in [1.29, 1.82) is 0 Å². The molecule has 6 nitrogen and oxygen atoms in total. The summed E-state index contributed by atoms with van der Waals surface area (Å²) in [6.07, 6.45) is 1.37. The first-order valence-electron chi connectivity index (χ1n) is 7.54. The van der Waals surface area contributed by atoms with Crippen molar-refractivity contribution in [2.45, 2.75) is 6.54 Å². The summed E-state index contributed by atoms with van der Waals surface area (Å²) >= 11 is 11.2. The Morgan fingerprint density at radius 3 is 2.80 bits per heavy atom. The van der Waals surface area contributed by atoms with Crippen LogP contribution in [0.5, 0.6) is 0 Å². The van der Waals surface area contributed by atoms with Crippen molar-refractivity contribution in [3.8, 4) is 0 Å². The second kappa shape index (κ2) is 7.50. The highest BCUT2D eigenvalue weighted by Gasteiger charge is 2.13. The quantitative estimate of drug-likeness (QED) is 0.317. The lowest BCUT2D eigenvalue weighted by Gasteiger charge is -2.21. The largest absolute Gasteiger partial charge is 0.618 e. The normalized spacial score (nSPS) is 10.5. The SMILES string of the molecule is CN(NC(=S)NCc1ccccc1)c1c[n+]([O-])c2cc(Cl)ccc2n1. The van der Waals surface area contributed by atoms with Crippen LogP contribution in [0.25, 0.3) is 11.0 Å². The number of hydrogen-bond donors (Lipinski definition) is 2. The van der Waals surface area contributed by atoms with Gasteiger partial charge in [0.2, 0.25) is 17.5 Å². The Labute approximate surface area is 155 Å². The molecular formula is C17H16ClN5OS. The van der Waals surface area contributed by atoms with Crippen molar-refractivity contribution in [1.82, 2.24) is 15.7 Å². The second-order valence-corrected chi connectivity index (χ2v) is 6.24. The third kappa shape index (κ3) is 4.26. The summed E-state index contributed by atoms with van der Waals surface area (Å²) in [5.41, 5.74) is 5.06. The van der Waals surface area contributed by atoms with Crippen molar-refractivity contribution < 1.29 is 4.73 Å². The summed E-state index contributed by atoms with van der Waals surface area (Å²) in [7, 11) is 1.74. The number of rotatable bonds is 4. The Hall–Kier alpha value is -2.64. The molecule has 2 N–H and O–H groups in total. The van der Waals surface area contributed by atoms with Crippen molar-refractivity contribution in [2.24, 2.45) is 0 Å². The zero-order valence-corrected chi connectivity index (χ0v) is 15.0. The first kappa shape index (κ1) is 17.2. The third-order valence-corrected chi connectivity index (χ3v) is 4.02. The van der Waals surface area contributed by atoms with E-state index in [0.717, 1.165) is 10.3 Å². The van der Waals surface area contributed by atoms with E-state index in [4.69, 9.17) is 23.8 Å². The molecular weight excluding hydrogens is 358 g/mol. The van der Waals surface area contributed by atoms with Gasteiger partial charge < -0.3 is 10.5 Å². The van der Waals surface area contributed by atoms with Gasteiger partial charge in [0.05, 0.1) is 0 Å². The zero-order chi connectivity index (χ0) is 17.8. The number of halogens is 1. The number of anilines is 1. The van der Waals surface area contributed by atoms with Crippen LogP contribution in [0.15, 0.2) is 54.7 Å². The molecule has 0 amide bonds. The Bertz CT molecular complexity index is 906. The van der Waals surface area contributed by atoms with Crippen LogP contribution >= 0.6 is 23.8 Å². The van der Waals surface area contributed by atoms with Gasteiger partial charge in [0.25, 0.3) is 0 Å². The van der Waals surface area contributed by atoms with Crippen LogP contribution in [0, 0.1) is 5.21 Å². The predicted molar refractivity (Wildman–Crippen MR) is 103 cm³/mol. The lowest BCUT2D eigenvalue weighted by Crippen LogP contribution is -2.46. The minimum Gasteiger partial charge on any atom is -0.618 e. The van der Waals surface area contributed by atoms with Gasteiger partial charge in [-0.3, -0.25) is 10.4 Å². The summed E-state index contributed by atoms with van der Waals surface area (Å²) in [6.45, 7) is 0.603. The predicted octanol–water partition coefficient (Wildman–Crippen LogP) is 2.54. The maximum absolute atomic E-state index is 12.2. The van der Waals surface area contributed by atoms with Gasteiger partial charge in [-0.15, -0.1) is 0 Å². The van der Waals surface area contributed by atoms with E-state index < -0.39 is 0 Å². The molecule has 0 radical (unpaired) electrons. The minimum absolute atomic E-state index is 0.412. The Morgan fingerprint density at radius 2 is 2.04 bits per heavy atom. The van der Waals surface area contributed by atoms with E-state index in [1.165, 1.54) is 6.20 Å². The smallest absolute Gasteiger partial charge is 0.244 e. The molecule has 0 bridgehead atoms. The van der Waals surface area contributed by atoms with Crippen LogP contribution in [0.4, 0.5) is 5.82 Å². The molecule has 0 aliphatic heterocycles. The molecule has 0 aliphatic rings. The molecule has 3 rings (SSSR count). The van der Waals surface area contributed by atoms with Gasteiger partial charge in [-0.1, -0.05) is 41.9 Å². The van der Waals surface area contributed by atoms with Gasteiger partial charge in [0.15, 0.2) is 5.11 Å². The molecule has 1 heterocycles. The summed E-state index contributed by atoms with van der Waals surface area (Å²) < 4.78 is 0.738. The zero-order valence-electron chi connectivity index (χ0n) is 13.4. The van der Waals surface area contributed by atoms with Gasteiger partial charge in [0.1, 0.15) is 5.52 Å². The van der Waals surface area contributed by atoms with Gasteiger partial charge in [0, 0.05) is 24.7 Å². The van der Waals surface area contributed by atoms with Gasteiger partial charge in [-0.25, -0.2) is 4.98 Å². The molecule has 128 valence electrons. The van der Waals surface area contributed by atoms with E-state index in [1.54, 1.807) is 30.3 Å². The Kier molecular flexibility index (Phi) is 5.16. The van der Waals surface area contributed by atoms with Crippen LogP contribution in [-0.2, 0) is 6.54 Å². The number of aromatic nitrogens is 2. The molecule has 2 aromatic carbocycles. The fourth-order valence-electron chi connectivity index (χ4n) is 2.28. The standard InChI is InChI=1S/C17H16ClN5OS/c1-22(21-17(25)19-10-12-5-3-2-4-6-12)16-11-23(24)15-9-13(18)7-8-14(15)20-16/h2-9,11H,10H2,1H3,(H2,19,21,25). The molecule has 0 aliphatic carbocycles. The van der Waals surface area contributed by atoms with Crippen LogP contribution in [0.2, 0.25) is 5.02 Å². The van der Waals surface area contributed by atoms with E-state index in [-0.39, 0.29) is 0 Å². The van der Waals surface area contributed by atoms with E-state index in [9.17, 15) is 5.21 Å². The van der Waals surface area contributed by atoms with Crippen molar-refractivity contribution in [3.63, 3.8) is 0 Å². The van der Waals surface area contributed by atoms with Crippen molar-refractivity contribution in [3.05, 3.63) is 70.5 Å². The molecule has 25 heavy (non-hydrogen) atoms. The number of fused-ring (bicyclic) bond motifs is 1. The molecule has 0 saturated carbocycles. The Balaban J connectivity index is 1.68. The first-order chi connectivity index (χ1) is 12.0. The lowest BCUT2D eigenvalue weighted by atomic mass is 10.2. The Morgan fingerprint density at radius 1 is 1.28 bits per heavy atom. The second-order valence-electron chi connectivity index (χ2n) is 5.40. The highest BCUT2D eigenvalue weighted by atomic mass is 35.5. The number of hydrazine groups is 1. The monoisotopic (exact) mass is 373 g/mol. The van der Waals surface area contributed by atoms with Gasteiger partial charge >= 0.3 is 0 Å². The fraction of sp³-hybridized carbons (Fsp3) is 0.118. The highest BCUT2D eigenvalue weighted by Crippen LogP contribution is 2.17. The van der Waals surface area contributed by atoms with E-state index in [0.29, 0.717) is 33.5 Å². The number of thiocarbonyl (C=S) groups is 1. The summed E-state index contributed by atoms with van der Waals surface area (Å²) in [6, 6.07) is 14.9. The van der Waals surface area contributed by atoms with E-state index in [1.807, 2.05) is 30.3 Å². The van der Waals surface area contributed by atoms with Gasteiger partial charge in [-0.2, -0.15) is 4.73 Å². The van der Waals surface area contributed by atoms with Crippen LogP contribution in [-0.4, -0.2) is 17.1 Å². The van der Waals surface area contributed by atoms with Crippen LogP contribution < -0.4 is 20.5 Å². The molecule has 0 saturated heterocycles. The van der Waals surface area contributed by atoms with Crippen LogP contribution in [0.1, 0.15) is 5.56 Å². The molecule has 0 fully saturated rings. The third-order valence-electron chi connectivity index (χ3n) is 3.55. The number of nitrogens with one attached hydrogen (secondary N) is 2. The van der Waals surface area contributed by atoms with Crippen molar-refractivity contribution in [2.75, 3.05) is 12.1 Å². The first-order valence-corrected chi connectivity index (χ1v) is 8.33. The highest BCUT2D eigenvalue weighted by molar-refractivity contribution is 7.80. The number of nitrogens with zero attached hydrogens (tertiary/aromatic N) is 3. The minimum atomic E-state index is 0.412. The van der Waals surface area contributed by atoms with Crippen LogP contribution in [0.3, 0.4) is 0 Å². The van der Waals surface area contributed by atoms with Crippen molar-refractivity contribution >= 4 is 45.8 Å². The van der Waals surface area contributed by atoms with Gasteiger partial charge in [-0.05, 0) is 29.9 Å². The number of hydrogen-bond acceptors (Lipinski definition) is 4. The lowest BCUT2D eigenvalue weighted by molar-refractivity contribution is -0.576. The summed E-state index contributed by atoms with van der Waals surface area (Å²) in [4.78, 5) is 4.44. The topological polar surface area (TPSA) is 67.1 Å². The number of benzene rings is 2. The van der Waals surface area contributed by atoms with E-state index in [2.05, 4.69) is 15.7 Å². The molecule has 1 aromatic heterocycles. The molecule has 0 unspecified atom stereocenters. The average Bonchev–Trinajstić information content (AvgIpc) is 2.61. The average molecular weight is 374 g/mol. The molecule has 0 spiro atoms.